The summed E-state index contributed by atoms with van der Waals surface area (Å²) in [5.41, 5.74) is 0.950. The first-order valence-corrected chi connectivity index (χ1v) is 5.08. The highest BCUT2D eigenvalue weighted by atomic mass is 35.5. The molecule has 2 rings (SSSR count). The largest absolute Gasteiger partial charge is 0.259 e. The molecule has 15 heavy (non-hydrogen) atoms. The third kappa shape index (κ3) is 1.99. The second kappa shape index (κ2) is 3.98. The van der Waals surface area contributed by atoms with Crippen molar-refractivity contribution in [1.29, 1.82) is 0 Å². The first kappa shape index (κ1) is 10.1. The molecule has 0 saturated heterocycles. The van der Waals surface area contributed by atoms with Crippen LogP contribution in [0.2, 0.25) is 5.15 Å². The summed E-state index contributed by atoms with van der Waals surface area (Å²) in [5.74, 6) is 0.981. The summed E-state index contributed by atoms with van der Waals surface area (Å²) >= 11 is 6.06. The molecule has 2 heterocycles. The molecular formula is C10H11ClN4. The molecule has 0 aliphatic carbocycles. The van der Waals surface area contributed by atoms with Crippen LogP contribution in [0.4, 0.5) is 0 Å². The highest BCUT2D eigenvalue weighted by Gasteiger charge is 2.10. The van der Waals surface area contributed by atoms with E-state index in [-0.39, 0.29) is 0 Å². The Bertz CT molecular complexity index is 450. The summed E-state index contributed by atoms with van der Waals surface area (Å²) in [5, 5.41) is 4.92. The molecule has 78 valence electrons. The SMILES string of the molecule is CC(C)c1cc(Cl)n(-c2cnccn2)n1. The lowest BCUT2D eigenvalue weighted by atomic mass is 10.1. The van der Waals surface area contributed by atoms with E-state index in [2.05, 4.69) is 28.9 Å². The maximum Gasteiger partial charge on any atom is 0.173 e. The summed E-state index contributed by atoms with van der Waals surface area (Å²) in [4.78, 5) is 8.11. The lowest BCUT2D eigenvalue weighted by Crippen LogP contribution is -2.01. The van der Waals surface area contributed by atoms with Gasteiger partial charge in [0, 0.05) is 12.4 Å². The predicted molar refractivity (Wildman–Crippen MR) is 58.3 cm³/mol. The van der Waals surface area contributed by atoms with Crippen LogP contribution in [-0.4, -0.2) is 19.7 Å². The van der Waals surface area contributed by atoms with Crippen molar-refractivity contribution in [1.82, 2.24) is 19.7 Å². The predicted octanol–water partition coefficient (Wildman–Crippen LogP) is 2.44. The van der Waals surface area contributed by atoms with Crippen LogP contribution in [0.25, 0.3) is 5.82 Å². The number of aromatic nitrogens is 4. The average Bonchev–Trinajstić information content (AvgIpc) is 2.62. The summed E-state index contributed by atoms with van der Waals surface area (Å²) in [6.45, 7) is 4.14. The fourth-order valence-corrected chi connectivity index (χ4v) is 1.45. The number of rotatable bonds is 2. The quantitative estimate of drug-likeness (QED) is 0.784. The van der Waals surface area contributed by atoms with Crippen molar-refractivity contribution >= 4 is 11.6 Å². The summed E-state index contributed by atoms with van der Waals surface area (Å²) < 4.78 is 1.59. The molecule has 0 radical (unpaired) electrons. The first-order valence-electron chi connectivity index (χ1n) is 4.70. The van der Waals surface area contributed by atoms with E-state index in [0.29, 0.717) is 16.9 Å². The van der Waals surface area contributed by atoms with E-state index in [1.165, 1.54) is 0 Å². The van der Waals surface area contributed by atoms with Crippen LogP contribution >= 0.6 is 11.6 Å². The highest BCUT2D eigenvalue weighted by Crippen LogP contribution is 2.20. The molecule has 5 heteroatoms. The number of hydrogen-bond donors (Lipinski definition) is 0. The van der Waals surface area contributed by atoms with Crippen molar-refractivity contribution in [2.75, 3.05) is 0 Å². The first-order chi connectivity index (χ1) is 7.18. The number of hydrogen-bond acceptors (Lipinski definition) is 3. The van der Waals surface area contributed by atoms with Gasteiger partial charge in [0.15, 0.2) is 5.82 Å². The Kier molecular flexibility index (Phi) is 2.68. The van der Waals surface area contributed by atoms with Crippen LogP contribution in [0.15, 0.2) is 24.7 Å². The van der Waals surface area contributed by atoms with E-state index in [4.69, 9.17) is 11.6 Å². The molecule has 0 fully saturated rings. The average molecular weight is 223 g/mol. The lowest BCUT2D eigenvalue weighted by Gasteiger charge is -2.00. The normalized spacial score (nSPS) is 10.9. The van der Waals surface area contributed by atoms with Crippen molar-refractivity contribution in [3.8, 4) is 5.82 Å². The molecule has 4 nitrogen and oxygen atoms in total. The van der Waals surface area contributed by atoms with Gasteiger partial charge in [-0.25, -0.2) is 9.67 Å². The Morgan fingerprint density at radius 2 is 2.13 bits per heavy atom. The zero-order chi connectivity index (χ0) is 10.8. The Hall–Kier alpha value is -1.42. The van der Waals surface area contributed by atoms with Crippen LogP contribution in [0.1, 0.15) is 25.5 Å². The van der Waals surface area contributed by atoms with Crippen LogP contribution in [0, 0.1) is 0 Å². The topological polar surface area (TPSA) is 43.6 Å². The molecule has 0 atom stereocenters. The molecule has 0 aromatic carbocycles. The second-order valence-electron chi connectivity index (χ2n) is 3.52. The summed E-state index contributed by atoms with van der Waals surface area (Å²) in [6.07, 6.45) is 4.86. The van der Waals surface area contributed by atoms with Gasteiger partial charge in [0.25, 0.3) is 0 Å². The molecule has 0 N–H and O–H groups in total. The third-order valence-corrected chi connectivity index (χ3v) is 2.31. The summed E-state index contributed by atoms with van der Waals surface area (Å²) in [7, 11) is 0. The van der Waals surface area contributed by atoms with Gasteiger partial charge < -0.3 is 0 Å². The Labute approximate surface area is 92.9 Å². The van der Waals surface area contributed by atoms with Gasteiger partial charge in [-0.1, -0.05) is 25.4 Å². The molecule has 0 aliphatic heterocycles. The van der Waals surface area contributed by atoms with Gasteiger partial charge in [-0.15, -0.1) is 0 Å². The molecule has 0 bridgehead atoms. The standard InChI is InChI=1S/C10H11ClN4/c1-7(2)8-5-9(11)15(14-8)10-6-12-3-4-13-10/h3-7H,1-2H3. The van der Waals surface area contributed by atoms with Crippen molar-refractivity contribution in [3.05, 3.63) is 35.5 Å². The van der Waals surface area contributed by atoms with Gasteiger partial charge >= 0.3 is 0 Å². The minimum absolute atomic E-state index is 0.348. The van der Waals surface area contributed by atoms with Gasteiger partial charge in [0.05, 0.1) is 11.9 Å². The van der Waals surface area contributed by atoms with Crippen LogP contribution < -0.4 is 0 Å². The Balaban J connectivity index is 2.45. The van der Waals surface area contributed by atoms with E-state index in [1.807, 2.05) is 6.07 Å². The van der Waals surface area contributed by atoms with Gasteiger partial charge in [-0.3, -0.25) is 4.98 Å². The van der Waals surface area contributed by atoms with E-state index in [1.54, 1.807) is 23.3 Å². The fourth-order valence-electron chi connectivity index (χ4n) is 1.22. The van der Waals surface area contributed by atoms with Crippen LogP contribution in [-0.2, 0) is 0 Å². The zero-order valence-corrected chi connectivity index (χ0v) is 9.31. The van der Waals surface area contributed by atoms with E-state index in [0.717, 1.165) is 5.69 Å². The van der Waals surface area contributed by atoms with Crippen molar-refractivity contribution in [2.24, 2.45) is 0 Å². The molecule has 0 unspecified atom stereocenters. The lowest BCUT2D eigenvalue weighted by molar-refractivity contribution is 0.755. The van der Waals surface area contributed by atoms with E-state index < -0.39 is 0 Å². The molecular weight excluding hydrogens is 212 g/mol. The molecule has 0 aliphatic rings. The van der Waals surface area contributed by atoms with Crippen LogP contribution in [0.5, 0.6) is 0 Å². The molecule has 0 spiro atoms. The maximum absolute atomic E-state index is 6.06. The number of nitrogens with zero attached hydrogens (tertiary/aromatic N) is 4. The minimum Gasteiger partial charge on any atom is -0.259 e. The van der Waals surface area contributed by atoms with Gasteiger partial charge in [0.1, 0.15) is 5.15 Å². The smallest absolute Gasteiger partial charge is 0.173 e. The van der Waals surface area contributed by atoms with E-state index in [9.17, 15) is 0 Å². The Morgan fingerprint density at radius 1 is 1.33 bits per heavy atom. The monoisotopic (exact) mass is 222 g/mol. The van der Waals surface area contributed by atoms with Gasteiger partial charge in [-0.2, -0.15) is 5.10 Å². The zero-order valence-electron chi connectivity index (χ0n) is 8.55. The van der Waals surface area contributed by atoms with Crippen molar-refractivity contribution in [3.63, 3.8) is 0 Å². The van der Waals surface area contributed by atoms with E-state index >= 15 is 0 Å². The third-order valence-electron chi connectivity index (χ3n) is 2.04. The molecule has 2 aromatic heterocycles. The minimum atomic E-state index is 0.348. The van der Waals surface area contributed by atoms with Crippen LogP contribution in [0.3, 0.4) is 0 Å². The molecule has 0 amide bonds. The maximum atomic E-state index is 6.06. The summed E-state index contributed by atoms with van der Waals surface area (Å²) in [6, 6.07) is 1.85. The van der Waals surface area contributed by atoms with Gasteiger partial charge in [-0.05, 0) is 12.0 Å². The van der Waals surface area contributed by atoms with Crippen molar-refractivity contribution in [2.45, 2.75) is 19.8 Å². The number of halogens is 1. The molecule has 2 aromatic rings. The Morgan fingerprint density at radius 3 is 2.67 bits per heavy atom. The highest BCUT2D eigenvalue weighted by molar-refractivity contribution is 6.29. The fraction of sp³-hybridized carbons (Fsp3) is 0.300. The van der Waals surface area contributed by atoms with Gasteiger partial charge in [0.2, 0.25) is 0 Å². The second-order valence-corrected chi connectivity index (χ2v) is 3.91. The van der Waals surface area contributed by atoms with Crippen molar-refractivity contribution < 1.29 is 0 Å². The molecule has 0 saturated carbocycles.